The van der Waals surface area contributed by atoms with Crippen LogP contribution < -0.4 is 0 Å². The molecular formula is C12H22O. The van der Waals surface area contributed by atoms with Crippen LogP contribution in [0, 0.1) is 17.8 Å². The number of hydrogen-bond donors (Lipinski definition) is 0. The van der Waals surface area contributed by atoms with Crippen molar-refractivity contribution in [3.8, 4) is 0 Å². The summed E-state index contributed by atoms with van der Waals surface area (Å²) in [6.07, 6.45) is 6.11. The van der Waals surface area contributed by atoms with Crippen LogP contribution in [0.15, 0.2) is 0 Å². The zero-order valence-corrected chi connectivity index (χ0v) is 9.18. The highest BCUT2D eigenvalue weighted by Gasteiger charge is 2.22. The van der Waals surface area contributed by atoms with Crippen molar-refractivity contribution in [1.82, 2.24) is 0 Å². The molecule has 0 N–H and O–H groups in total. The maximum absolute atomic E-state index is 11.7. The van der Waals surface area contributed by atoms with E-state index in [4.69, 9.17) is 0 Å². The van der Waals surface area contributed by atoms with Crippen molar-refractivity contribution < 1.29 is 4.79 Å². The lowest BCUT2D eigenvalue weighted by atomic mass is 9.88. The van der Waals surface area contributed by atoms with Gasteiger partial charge in [-0.15, -0.1) is 0 Å². The second-order valence-corrected chi connectivity index (χ2v) is 4.85. The molecule has 0 saturated heterocycles. The predicted octanol–water partition coefficient (Wildman–Crippen LogP) is 3.43. The SMILES string of the molecule is CC(C)C(C)C(=O)CC1CCCC1. The number of carbonyl (C=O) groups is 1. The molecule has 76 valence electrons. The smallest absolute Gasteiger partial charge is 0.136 e. The first kappa shape index (κ1) is 10.7. The Kier molecular flexibility index (Phi) is 3.95. The van der Waals surface area contributed by atoms with Crippen molar-refractivity contribution in [1.29, 1.82) is 0 Å². The summed E-state index contributed by atoms with van der Waals surface area (Å²) in [6.45, 7) is 6.34. The second-order valence-electron chi connectivity index (χ2n) is 4.85. The molecule has 1 unspecified atom stereocenters. The summed E-state index contributed by atoms with van der Waals surface area (Å²) in [5.41, 5.74) is 0. The first-order valence-corrected chi connectivity index (χ1v) is 5.64. The van der Waals surface area contributed by atoms with Crippen molar-refractivity contribution in [2.24, 2.45) is 17.8 Å². The largest absolute Gasteiger partial charge is 0.299 e. The van der Waals surface area contributed by atoms with E-state index in [1.54, 1.807) is 0 Å². The van der Waals surface area contributed by atoms with Crippen LogP contribution in [0.4, 0.5) is 0 Å². The summed E-state index contributed by atoms with van der Waals surface area (Å²) >= 11 is 0. The normalized spacial score (nSPS) is 20.9. The Balaban J connectivity index is 2.31. The van der Waals surface area contributed by atoms with Gasteiger partial charge >= 0.3 is 0 Å². The fourth-order valence-electron chi connectivity index (χ4n) is 2.06. The van der Waals surface area contributed by atoms with Gasteiger partial charge in [-0.25, -0.2) is 0 Å². The van der Waals surface area contributed by atoms with Gasteiger partial charge in [0, 0.05) is 12.3 Å². The lowest BCUT2D eigenvalue weighted by Gasteiger charge is -2.16. The summed E-state index contributed by atoms with van der Waals surface area (Å²) in [5.74, 6) is 1.98. The van der Waals surface area contributed by atoms with Crippen molar-refractivity contribution in [3.63, 3.8) is 0 Å². The first-order chi connectivity index (χ1) is 6.11. The fraction of sp³-hybridized carbons (Fsp3) is 0.917. The Labute approximate surface area is 81.9 Å². The molecule has 0 heterocycles. The maximum Gasteiger partial charge on any atom is 0.136 e. The standard InChI is InChI=1S/C12H22O/c1-9(2)10(3)12(13)8-11-6-4-5-7-11/h9-11H,4-8H2,1-3H3. The van der Waals surface area contributed by atoms with Crippen molar-refractivity contribution >= 4 is 5.78 Å². The Hall–Kier alpha value is -0.330. The van der Waals surface area contributed by atoms with Gasteiger partial charge in [0.15, 0.2) is 0 Å². The molecule has 1 aliphatic rings. The predicted molar refractivity (Wildman–Crippen MR) is 55.6 cm³/mol. The highest BCUT2D eigenvalue weighted by molar-refractivity contribution is 5.81. The van der Waals surface area contributed by atoms with Gasteiger partial charge in [-0.1, -0.05) is 46.5 Å². The van der Waals surface area contributed by atoms with E-state index in [9.17, 15) is 4.79 Å². The summed E-state index contributed by atoms with van der Waals surface area (Å²) in [7, 11) is 0. The molecule has 0 aromatic rings. The van der Waals surface area contributed by atoms with E-state index in [1.165, 1.54) is 25.7 Å². The van der Waals surface area contributed by atoms with Gasteiger partial charge in [-0.05, 0) is 11.8 Å². The third-order valence-corrected chi connectivity index (χ3v) is 3.47. The average Bonchev–Trinajstić information content (AvgIpc) is 2.55. The third kappa shape index (κ3) is 3.13. The summed E-state index contributed by atoms with van der Waals surface area (Å²) in [6, 6.07) is 0. The summed E-state index contributed by atoms with van der Waals surface area (Å²) in [5, 5.41) is 0. The maximum atomic E-state index is 11.7. The van der Waals surface area contributed by atoms with Crippen molar-refractivity contribution in [2.45, 2.75) is 52.9 Å². The molecule has 13 heavy (non-hydrogen) atoms. The van der Waals surface area contributed by atoms with E-state index in [-0.39, 0.29) is 5.92 Å². The minimum absolute atomic E-state index is 0.264. The van der Waals surface area contributed by atoms with Crippen LogP contribution in [0.3, 0.4) is 0 Å². The first-order valence-electron chi connectivity index (χ1n) is 5.64. The van der Waals surface area contributed by atoms with Gasteiger partial charge < -0.3 is 0 Å². The number of carbonyl (C=O) groups excluding carboxylic acids is 1. The fourth-order valence-corrected chi connectivity index (χ4v) is 2.06. The highest BCUT2D eigenvalue weighted by Crippen LogP contribution is 2.29. The average molecular weight is 182 g/mol. The van der Waals surface area contributed by atoms with Crippen LogP contribution in [0.5, 0.6) is 0 Å². The molecule has 1 saturated carbocycles. The lowest BCUT2D eigenvalue weighted by molar-refractivity contribution is -0.124. The number of hydrogen-bond acceptors (Lipinski definition) is 1. The molecule has 1 rings (SSSR count). The van der Waals surface area contributed by atoms with Crippen LogP contribution in [-0.4, -0.2) is 5.78 Å². The minimum Gasteiger partial charge on any atom is -0.299 e. The number of rotatable bonds is 4. The second kappa shape index (κ2) is 4.78. The van der Waals surface area contributed by atoms with Crippen LogP contribution in [-0.2, 0) is 4.79 Å². The Morgan fingerprint density at radius 1 is 1.23 bits per heavy atom. The van der Waals surface area contributed by atoms with E-state index in [2.05, 4.69) is 20.8 Å². The molecule has 0 spiro atoms. The molecule has 0 aromatic heterocycles. The molecule has 0 aliphatic heterocycles. The zero-order chi connectivity index (χ0) is 9.84. The Bertz CT molecular complexity index is 166. The molecule has 1 fully saturated rings. The third-order valence-electron chi connectivity index (χ3n) is 3.47. The van der Waals surface area contributed by atoms with Gasteiger partial charge in [0.25, 0.3) is 0 Å². The Morgan fingerprint density at radius 3 is 2.23 bits per heavy atom. The van der Waals surface area contributed by atoms with E-state index < -0.39 is 0 Å². The molecule has 1 heteroatoms. The molecule has 1 atom stereocenters. The molecule has 0 amide bonds. The summed E-state index contributed by atoms with van der Waals surface area (Å²) < 4.78 is 0. The van der Waals surface area contributed by atoms with Crippen molar-refractivity contribution in [3.05, 3.63) is 0 Å². The minimum atomic E-state index is 0.264. The number of ketones is 1. The quantitative estimate of drug-likeness (QED) is 0.651. The van der Waals surface area contributed by atoms with E-state index in [1.807, 2.05) is 0 Å². The highest BCUT2D eigenvalue weighted by atomic mass is 16.1. The van der Waals surface area contributed by atoms with Crippen LogP contribution in [0.1, 0.15) is 52.9 Å². The van der Waals surface area contributed by atoms with Gasteiger partial charge in [-0.3, -0.25) is 4.79 Å². The topological polar surface area (TPSA) is 17.1 Å². The molecule has 1 nitrogen and oxygen atoms in total. The molecule has 0 radical (unpaired) electrons. The number of Topliss-reactive ketones (excluding diaryl/α,β-unsaturated/α-hetero) is 1. The molecule has 0 bridgehead atoms. The van der Waals surface area contributed by atoms with Crippen LogP contribution in [0.25, 0.3) is 0 Å². The molecule has 0 aromatic carbocycles. The van der Waals surface area contributed by atoms with E-state index in [0.29, 0.717) is 17.6 Å². The van der Waals surface area contributed by atoms with Crippen LogP contribution in [0.2, 0.25) is 0 Å². The van der Waals surface area contributed by atoms with Gasteiger partial charge in [0.1, 0.15) is 5.78 Å². The van der Waals surface area contributed by atoms with E-state index >= 15 is 0 Å². The monoisotopic (exact) mass is 182 g/mol. The van der Waals surface area contributed by atoms with Crippen LogP contribution >= 0.6 is 0 Å². The van der Waals surface area contributed by atoms with Gasteiger partial charge in [-0.2, -0.15) is 0 Å². The molecule has 1 aliphatic carbocycles. The lowest BCUT2D eigenvalue weighted by Crippen LogP contribution is -2.19. The summed E-state index contributed by atoms with van der Waals surface area (Å²) in [4.78, 5) is 11.7. The molecular weight excluding hydrogens is 160 g/mol. The van der Waals surface area contributed by atoms with Crippen molar-refractivity contribution in [2.75, 3.05) is 0 Å². The van der Waals surface area contributed by atoms with Gasteiger partial charge in [0.2, 0.25) is 0 Å². The van der Waals surface area contributed by atoms with Gasteiger partial charge in [0.05, 0.1) is 0 Å². The van der Waals surface area contributed by atoms with E-state index in [0.717, 1.165) is 6.42 Å². The zero-order valence-electron chi connectivity index (χ0n) is 9.18. The Morgan fingerprint density at radius 2 is 1.77 bits per heavy atom.